The number of nitrogens with one attached hydrogen (secondary N) is 2. The Morgan fingerprint density at radius 1 is 1.04 bits per heavy atom. The second kappa shape index (κ2) is 5.82. The van der Waals surface area contributed by atoms with Gasteiger partial charge in [-0.3, -0.25) is 9.52 Å². The van der Waals surface area contributed by atoms with Gasteiger partial charge in [0.1, 0.15) is 0 Å². The predicted octanol–water partition coefficient (Wildman–Crippen LogP) is 3.40. The van der Waals surface area contributed by atoms with Crippen molar-refractivity contribution in [1.29, 1.82) is 0 Å². The maximum absolute atomic E-state index is 12.5. The van der Waals surface area contributed by atoms with Crippen molar-refractivity contribution in [2.24, 2.45) is 0 Å². The molecular formula is C16H13BrN2O3S. The summed E-state index contributed by atoms with van der Waals surface area (Å²) >= 11 is 3.38. The first kappa shape index (κ1) is 15.8. The first-order valence-electron chi connectivity index (χ1n) is 6.77. The molecule has 0 amide bonds. The average Bonchev–Trinajstić information content (AvgIpc) is 2.50. The fourth-order valence-electron chi connectivity index (χ4n) is 2.22. The molecule has 2 aromatic carbocycles. The Balaban J connectivity index is 2.00. The SMILES string of the molecule is Cc1cc(NS(=O)(=O)c2ccc3[nH]c(=O)ccc3c2)ccc1Br. The number of rotatable bonds is 3. The molecule has 3 aromatic rings. The topological polar surface area (TPSA) is 79.0 Å². The number of fused-ring (bicyclic) bond motifs is 1. The lowest BCUT2D eigenvalue weighted by atomic mass is 10.2. The van der Waals surface area contributed by atoms with Crippen LogP contribution in [0.15, 0.2) is 62.7 Å². The van der Waals surface area contributed by atoms with Gasteiger partial charge in [-0.1, -0.05) is 15.9 Å². The Hall–Kier alpha value is -2.12. The lowest BCUT2D eigenvalue weighted by molar-refractivity contribution is 0.601. The third-order valence-electron chi connectivity index (χ3n) is 3.42. The molecule has 118 valence electrons. The molecule has 0 saturated carbocycles. The summed E-state index contributed by atoms with van der Waals surface area (Å²) in [4.78, 5) is 14.1. The number of aryl methyl sites for hydroxylation is 1. The van der Waals surface area contributed by atoms with Gasteiger partial charge < -0.3 is 4.98 Å². The number of halogens is 1. The third kappa shape index (κ3) is 3.30. The molecule has 0 bridgehead atoms. The molecule has 0 aliphatic rings. The monoisotopic (exact) mass is 392 g/mol. The first-order chi connectivity index (χ1) is 10.8. The zero-order valence-corrected chi connectivity index (χ0v) is 14.5. The van der Waals surface area contributed by atoms with Gasteiger partial charge in [0.25, 0.3) is 10.0 Å². The van der Waals surface area contributed by atoms with Gasteiger partial charge in [-0.15, -0.1) is 0 Å². The Labute approximate surface area is 141 Å². The molecule has 3 rings (SSSR count). The van der Waals surface area contributed by atoms with E-state index in [-0.39, 0.29) is 10.5 Å². The van der Waals surface area contributed by atoms with Gasteiger partial charge in [-0.05, 0) is 60.3 Å². The van der Waals surface area contributed by atoms with Crippen LogP contribution in [0.25, 0.3) is 10.9 Å². The summed E-state index contributed by atoms with van der Waals surface area (Å²) in [5.41, 5.74) is 1.79. The number of aromatic nitrogens is 1. The van der Waals surface area contributed by atoms with Crippen molar-refractivity contribution in [3.05, 3.63) is 68.9 Å². The van der Waals surface area contributed by atoms with Crippen LogP contribution in [-0.4, -0.2) is 13.4 Å². The molecule has 2 N–H and O–H groups in total. The van der Waals surface area contributed by atoms with Gasteiger partial charge in [0.15, 0.2) is 0 Å². The van der Waals surface area contributed by atoms with Crippen LogP contribution in [-0.2, 0) is 10.0 Å². The van der Waals surface area contributed by atoms with Crippen molar-refractivity contribution >= 4 is 42.5 Å². The van der Waals surface area contributed by atoms with E-state index in [4.69, 9.17) is 0 Å². The molecule has 0 saturated heterocycles. The third-order valence-corrected chi connectivity index (χ3v) is 5.68. The molecule has 0 unspecified atom stereocenters. The molecule has 0 fully saturated rings. The molecule has 0 aliphatic carbocycles. The Morgan fingerprint density at radius 2 is 1.83 bits per heavy atom. The van der Waals surface area contributed by atoms with E-state index in [9.17, 15) is 13.2 Å². The molecule has 1 aromatic heterocycles. The minimum Gasteiger partial charge on any atom is -0.322 e. The number of hydrogen-bond donors (Lipinski definition) is 2. The van der Waals surface area contributed by atoms with E-state index in [1.807, 2.05) is 6.92 Å². The van der Waals surface area contributed by atoms with Crippen LogP contribution in [0.5, 0.6) is 0 Å². The average molecular weight is 393 g/mol. The summed E-state index contributed by atoms with van der Waals surface area (Å²) in [6.07, 6.45) is 0. The van der Waals surface area contributed by atoms with E-state index < -0.39 is 10.0 Å². The Kier molecular flexibility index (Phi) is 3.99. The normalized spacial score (nSPS) is 11.6. The van der Waals surface area contributed by atoms with Crippen molar-refractivity contribution in [1.82, 2.24) is 4.98 Å². The summed E-state index contributed by atoms with van der Waals surface area (Å²) in [6.45, 7) is 1.88. The number of benzene rings is 2. The Bertz CT molecular complexity index is 1060. The molecule has 0 atom stereocenters. The molecule has 0 aliphatic heterocycles. The predicted molar refractivity (Wildman–Crippen MR) is 94.3 cm³/mol. The highest BCUT2D eigenvalue weighted by atomic mass is 79.9. The second-order valence-electron chi connectivity index (χ2n) is 5.14. The maximum Gasteiger partial charge on any atom is 0.261 e. The fourth-order valence-corrected chi connectivity index (χ4v) is 3.55. The summed E-state index contributed by atoms with van der Waals surface area (Å²) in [5, 5.41) is 0.652. The van der Waals surface area contributed by atoms with Crippen LogP contribution < -0.4 is 10.3 Å². The van der Waals surface area contributed by atoms with Crippen LogP contribution in [0.3, 0.4) is 0 Å². The standard InChI is InChI=1S/C16H13BrN2O3S/c1-10-8-12(3-5-14(10)17)19-23(21,22)13-4-6-15-11(9-13)2-7-16(20)18-15/h2-9,19H,1H3,(H,18,20). The zero-order valence-electron chi connectivity index (χ0n) is 12.1. The summed E-state index contributed by atoms with van der Waals surface area (Å²) < 4.78 is 28.5. The highest BCUT2D eigenvalue weighted by Crippen LogP contribution is 2.23. The van der Waals surface area contributed by atoms with Gasteiger partial charge in [-0.2, -0.15) is 0 Å². The van der Waals surface area contributed by atoms with Crippen molar-refractivity contribution in [2.75, 3.05) is 4.72 Å². The molecule has 7 heteroatoms. The maximum atomic E-state index is 12.5. The highest BCUT2D eigenvalue weighted by molar-refractivity contribution is 9.10. The van der Waals surface area contributed by atoms with Gasteiger partial charge >= 0.3 is 0 Å². The van der Waals surface area contributed by atoms with Crippen molar-refractivity contribution < 1.29 is 8.42 Å². The summed E-state index contributed by atoms with van der Waals surface area (Å²) in [6, 6.07) is 12.8. The van der Waals surface area contributed by atoms with Gasteiger partial charge in [0.2, 0.25) is 5.56 Å². The van der Waals surface area contributed by atoms with Crippen LogP contribution in [0, 0.1) is 6.92 Å². The van der Waals surface area contributed by atoms with Crippen LogP contribution >= 0.6 is 15.9 Å². The molecule has 1 heterocycles. The van der Waals surface area contributed by atoms with Crippen molar-refractivity contribution in [3.8, 4) is 0 Å². The van der Waals surface area contributed by atoms with Crippen LogP contribution in [0.1, 0.15) is 5.56 Å². The lowest BCUT2D eigenvalue weighted by Gasteiger charge is -2.10. The summed E-state index contributed by atoms with van der Waals surface area (Å²) in [5.74, 6) is 0. The van der Waals surface area contributed by atoms with E-state index in [0.29, 0.717) is 16.6 Å². The molecule has 23 heavy (non-hydrogen) atoms. The lowest BCUT2D eigenvalue weighted by Crippen LogP contribution is -2.13. The largest absolute Gasteiger partial charge is 0.322 e. The van der Waals surface area contributed by atoms with Gasteiger partial charge in [0, 0.05) is 21.7 Å². The van der Waals surface area contributed by atoms with E-state index in [0.717, 1.165) is 10.0 Å². The number of aromatic amines is 1. The Morgan fingerprint density at radius 3 is 2.57 bits per heavy atom. The minimum absolute atomic E-state index is 0.137. The van der Waals surface area contributed by atoms with E-state index in [1.54, 1.807) is 30.3 Å². The van der Waals surface area contributed by atoms with E-state index in [1.165, 1.54) is 18.2 Å². The number of H-pyrrole nitrogens is 1. The van der Waals surface area contributed by atoms with Crippen LogP contribution in [0.4, 0.5) is 5.69 Å². The number of anilines is 1. The van der Waals surface area contributed by atoms with E-state index >= 15 is 0 Å². The molecule has 0 radical (unpaired) electrons. The zero-order chi connectivity index (χ0) is 16.6. The van der Waals surface area contributed by atoms with Gasteiger partial charge in [-0.25, -0.2) is 8.42 Å². The van der Waals surface area contributed by atoms with Crippen molar-refractivity contribution in [2.45, 2.75) is 11.8 Å². The molecular weight excluding hydrogens is 380 g/mol. The number of pyridine rings is 1. The summed E-state index contributed by atoms with van der Waals surface area (Å²) in [7, 11) is -3.70. The molecule has 0 spiro atoms. The quantitative estimate of drug-likeness (QED) is 0.716. The minimum atomic E-state index is -3.70. The van der Waals surface area contributed by atoms with E-state index in [2.05, 4.69) is 25.6 Å². The highest BCUT2D eigenvalue weighted by Gasteiger charge is 2.15. The first-order valence-corrected chi connectivity index (χ1v) is 9.05. The number of sulfonamides is 1. The van der Waals surface area contributed by atoms with Gasteiger partial charge in [0.05, 0.1) is 4.90 Å². The van der Waals surface area contributed by atoms with Crippen molar-refractivity contribution in [3.63, 3.8) is 0 Å². The fraction of sp³-hybridized carbons (Fsp3) is 0.0625. The van der Waals surface area contributed by atoms with Crippen LogP contribution in [0.2, 0.25) is 0 Å². The molecule has 5 nitrogen and oxygen atoms in total. The second-order valence-corrected chi connectivity index (χ2v) is 7.68. The smallest absolute Gasteiger partial charge is 0.261 e. The number of hydrogen-bond acceptors (Lipinski definition) is 3.